The Morgan fingerprint density at radius 2 is 1.58 bits per heavy atom. The molecule has 9 heteroatoms. The van der Waals surface area contributed by atoms with Gasteiger partial charge in [-0.15, -0.1) is 0 Å². The third-order valence-corrected chi connectivity index (χ3v) is 5.94. The lowest BCUT2D eigenvalue weighted by molar-refractivity contribution is 0.0224. The number of anilines is 1. The van der Waals surface area contributed by atoms with E-state index in [1.54, 1.807) is 18.2 Å². The number of phenols is 2. The number of nitrogens with one attached hydrogen (secondary N) is 3. The summed E-state index contributed by atoms with van der Waals surface area (Å²) in [5.41, 5.74) is 1.55. The maximum atomic E-state index is 13.1. The van der Waals surface area contributed by atoms with Crippen molar-refractivity contribution in [3.05, 3.63) is 76.9 Å². The van der Waals surface area contributed by atoms with Gasteiger partial charge in [-0.25, -0.2) is 4.79 Å². The summed E-state index contributed by atoms with van der Waals surface area (Å²) in [6.45, 7) is 1.42. The molecule has 0 fully saturated rings. The van der Waals surface area contributed by atoms with Crippen molar-refractivity contribution >= 4 is 29.0 Å². The van der Waals surface area contributed by atoms with E-state index >= 15 is 0 Å². The summed E-state index contributed by atoms with van der Waals surface area (Å²) >= 11 is 5.32. The second kappa shape index (κ2) is 7.95. The zero-order chi connectivity index (χ0) is 23.2. The average molecular weight is 464 g/mol. The fourth-order valence-electron chi connectivity index (χ4n) is 4.26. The number of phenolic OH excluding ortho intramolecular Hbond substituents is 2. The van der Waals surface area contributed by atoms with Gasteiger partial charge in [0.25, 0.3) is 0 Å². The van der Waals surface area contributed by atoms with Crippen LogP contribution in [0.1, 0.15) is 27.0 Å². The number of carbonyl (C=O) groups is 1. The van der Waals surface area contributed by atoms with Crippen LogP contribution in [0, 0.1) is 0 Å². The number of likely N-dealkylation sites (N-methyl/N-ethyl adjacent to an activating group) is 1. The van der Waals surface area contributed by atoms with E-state index in [-0.39, 0.29) is 11.5 Å². The van der Waals surface area contributed by atoms with Crippen LogP contribution < -0.4 is 20.7 Å². The van der Waals surface area contributed by atoms with E-state index in [1.165, 1.54) is 24.3 Å². The highest BCUT2D eigenvalue weighted by molar-refractivity contribution is 7.80. The summed E-state index contributed by atoms with van der Waals surface area (Å²) in [6, 6.07) is 14.7. The van der Waals surface area contributed by atoms with Crippen LogP contribution in [0.25, 0.3) is 0 Å². The van der Waals surface area contributed by atoms with Crippen molar-refractivity contribution in [1.82, 2.24) is 10.6 Å². The lowest BCUT2D eigenvalue weighted by Gasteiger charge is -2.36. The standard InChI is InChI=1S/C24H21N3O5S/c1-25-8-9-26-23(33)27-13-2-5-17-16(10-13)22(30)32-24(17)18-6-3-14(28)11-20(18)31-21-12-15(29)4-7-19(21)24/h2-7,10-12,25,28-29H,8-9H2,1H3,(H2,26,27,33). The van der Waals surface area contributed by atoms with Crippen LogP contribution in [0.5, 0.6) is 23.0 Å². The van der Waals surface area contributed by atoms with Crippen LogP contribution in [0.2, 0.25) is 0 Å². The number of hydrogen-bond donors (Lipinski definition) is 5. The van der Waals surface area contributed by atoms with E-state index in [0.717, 1.165) is 6.54 Å². The summed E-state index contributed by atoms with van der Waals surface area (Å²) in [7, 11) is 1.86. The van der Waals surface area contributed by atoms with Gasteiger partial charge in [-0.3, -0.25) is 0 Å². The van der Waals surface area contributed by atoms with E-state index in [0.29, 0.717) is 51.1 Å². The van der Waals surface area contributed by atoms with Crippen LogP contribution in [0.3, 0.4) is 0 Å². The van der Waals surface area contributed by atoms with Crippen molar-refractivity contribution in [3.63, 3.8) is 0 Å². The first-order valence-electron chi connectivity index (χ1n) is 10.3. The minimum atomic E-state index is -1.28. The number of rotatable bonds is 4. The van der Waals surface area contributed by atoms with E-state index in [4.69, 9.17) is 21.7 Å². The topological polar surface area (TPSA) is 112 Å². The molecule has 1 spiro atoms. The average Bonchev–Trinajstić information content (AvgIpc) is 3.06. The smallest absolute Gasteiger partial charge is 0.340 e. The SMILES string of the molecule is CNCCNC(=S)Nc1ccc2c(c1)C(=O)OC21c2ccc(O)cc2Oc2cc(O)ccc21. The number of fused-ring (bicyclic) bond motifs is 6. The van der Waals surface area contributed by atoms with Gasteiger partial charge < -0.3 is 35.6 Å². The Bertz CT molecular complexity index is 1240. The van der Waals surface area contributed by atoms with Gasteiger partial charge in [0, 0.05) is 47.6 Å². The molecule has 0 bridgehead atoms. The van der Waals surface area contributed by atoms with Crippen LogP contribution in [0.4, 0.5) is 5.69 Å². The van der Waals surface area contributed by atoms with E-state index in [1.807, 2.05) is 19.2 Å². The molecule has 2 aliphatic rings. The van der Waals surface area contributed by atoms with Crippen molar-refractivity contribution in [2.45, 2.75) is 5.60 Å². The number of hydrogen-bond acceptors (Lipinski definition) is 7. The normalized spacial score (nSPS) is 14.5. The first-order valence-corrected chi connectivity index (χ1v) is 10.8. The number of carbonyl (C=O) groups excluding carboxylic acids is 1. The van der Waals surface area contributed by atoms with Crippen LogP contribution in [0.15, 0.2) is 54.6 Å². The molecule has 168 valence electrons. The molecule has 33 heavy (non-hydrogen) atoms. The van der Waals surface area contributed by atoms with E-state index in [9.17, 15) is 15.0 Å². The van der Waals surface area contributed by atoms with Crippen LogP contribution in [-0.4, -0.2) is 41.4 Å². The second-order valence-electron chi connectivity index (χ2n) is 7.78. The molecule has 0 aromatic heterocycles. The lowest BCUT2D eigenvalue weighted by Crippen LogP contribution is -2.33. The van der Waals surface area contributed by atoms with Gasteiger partial charge in [0.05, 0.1) is 5.56 Å². The predicted octanol–water partition coefficient (Wildman–Crippen LogP) is 3.17. The van der Waals surface area contributed by atoms with Crippen LogP contribution in [-0.2, 0) is 10.3 Å². The van der Waals surface area contributed by atoms with Crippen molar-refractivity contribution in [2.24, 2.45) is 0 Å². The molecule has 0 radical (unpaired) electrons. The Morgan fingerprint density at radius 1 is 0.939 bits per heavy atom. The third-order valence-electron chi connectivity index (χ3n) is 5.69. The second-order valence-corrected chi connectivity index (χ2v) is 8.19. The predicted molar refractivity (Wildman–Crippen MR) is 126 cm³/mol. The quantitative estimate of drug-likeness (QED) is 0.226. The zero-order valence-corrected chi connectivity index (χ0v) is 18.5. The largest absolute Gasteiger partial charge is 0.508 e. The van der Waals surface area contributed by atoms with Gasteiger partial charge in [0.1, 0.15) is 23.0 Å². The maximum Gasteiger partial charge on any atom is 0.340 e. The molecule has 3 aromatic carbocycles. The Balaban J connectivity index is 1.61. The number of aromatic hydroxyl groups is 2. The highest BCUT2D eigenvalue weighted by atomic mass is 32.1. The molecule has 0 amide bonds. The Hall–Kier alpha value is -3.82. The monoisotopic (exact) mass is 463 g/mol. The number of esters is 1. The highest BCUT2D eigenvalue weighted by Crippen LogP contribution is 2.57. The highest BCUT2D eigenvalue weighted by Gasteiger charge is 2.53. The molecule has 5 rings (SSSR count). The van der Waals surface area contributed by atoms with Gasteiger partial charge >= 0.3 is 5.97 Å². The van der Waals surface area contributed by atoms with E-state index in [2.05, 4.69) is 16.0 Å². The molecule has 5 N–H and O–H groups in total. The Morgan fingerprint density at radius 3 is 2.21 bits per heavy atom. The van der Waals surface area contributed by atoms with Crippen molar-refractivity contribution in [3.8, 4) is 23.0 Å². The molecular formula is C24H21N3O5S. The summed E-state index contributed by atoms with van der Waals surface area (Å²) in [5.74, 6) is 0.200. The molecule has 3 aromatic rings. The van der Waals surface area contributed by atoms with Crippen molar-refractivity contribution in [2.75, 3.05) is 25.5 Å². The molecule has 0 aliphatic carbocycles. The Kier molecular flexibility index (Phi) is 5.07. The molecule has 2 heterocycles. The molecule has 2 aliphatic heterocycles. The maximum absolute atomic E-state index is 13.1. The fraction of sp³-hybridized carbons (Fsp3) is 0.167. The molecule has 0 saturated carbocycles. The number of thiocarbonyl (C=S) groups is 1. The van der Waals surface area contributed by atoms with Gasteiger partial charge in [-0.05, 0) is 55.7 Å². The molecule has 0 unspecified atom stereocenters. The van der Waals surface area contributed by atoms with Crippen molar-refractivity contribution < 1.29 is 24.5 Å². The van der Waals surface area contributed by atoms with Crippen LogP contribution >= 0.6 is 12.2 Å². The molecular weight excluding hydrogens is 442 g/mol. The fourth-order valence-corrected chi connectivity index (χ4v) is 4.48. The minimum Gasteiger partial charge on any atom is -0.508 e. The summed E-state index contributed by atoms with van der Waals surface area (Å²) in [6.07, 6.45) is 0. The number of ether oxygens (including phenoxy) is 2. The third kappa shape index (κ3) is 3.42. The summed E-state index contributed by atoms with van der Waals surface area (Å²) < 4.78 is 12.0. The van der Waals surface area contributed by atoms with Gasteiger partial charge in [0.15, 0.2) is 10.7 Å². The van der Waals surface area contributed by atoms with Crippen molar-refractivity contribution in [1.29, 1.82) is 0 Å². The van der Waals surface area contributed by atoms with E-state index < -0.39 is 11.6 Å². The summed E-state index contributed by atoms with van der Waals surface area (Å²) in [4.78, 5) is 13.1. The number of benzene rings is 3. The first kappa shape index (κ1) is 21.0. The van der Waals surface area contributed by atoms with Gasteiger partial charge in [0.2, 0.25) is 0 Å². The zero-order valence-electron chi connectivity index (χ0n) is 17.6. The minimum absolute atomic E-state index is 0.0101. The molecule has 0 saturated heterocycles. The van der Waals surface area contributed by atoms with Gasteiger partial charge in [-0.1, -0.05) is 6.07 Å². The lowest BCUT2D eigenvalue weighted by atomic mass is 9.77. The first-order chi connectivity index (χ1) is 15.9. The van der Waals surface area contributed by atoms with Gasteiger partial charge in [-0.2, -0.15) is 0 Å². The Labute approximate surface area is 195 Å². The molecule has 0 atom stereocenters. The molecule has 8 nitrogen and oxygen atoms in total. The summed E-state index contributed by atoms with van der Waals surface area (Å²) in [5, 5.41) is 29.6.